The summed E-state index contributed by atoms with van der Waals surface area (Å²) in [7, 11) is 0. The zero-order valence-corrected chi connectivity index (χ0v) is 10.2. The molecule has 0 aliphatic rings. The molecule has 1 heterocycles. The molecule has 2 aromatic rings. The average molecular weight is 238 g/mol. The quantitative estimate of drug-likeness (QED) is 0.759. The molecule has 0 saturated heterocycles. The highest BCUT2D eigenvalue weighted by Crippen LogP contribution is 2.19. The van der Waals surface area contributed by atoms with Crippen LogP contribution in [0.3, 0.4) is 0 Å². The Bertz CT molecular complexity index is 580. The van der Waals surface area contributed by atoms with Crippen molar-refractivity contribution in [2.75, 3.05) is 0 Å². The topological polar surface area (TPSA) is 38.9 Å². The summed E-state index contributed by atoms with van der Waals surface area (Å²) in [5.41, 5.74) is 1.74. The first-order chi connectivity index (χ1) is 8.85. The maximum Gasteiger partial charge on any atom is 0.258 e. The van der Waals surface area contributed by atoms with Crippen molar-refractivity contribution in [1.82, 2.24) is 10.1 Å². The van der Waals surface area contributed by atoms with Gasteiger partial charge in [-0.1, -0.05) is 54.2 Å². The SMILES string of the molecule is C=C/C(=C\C=C/C)c1noc(-c2ccccc2)n1. The molecular formula is C15H14N2O. The minimum Gasteiger partial charge on any atom is -0.334 e. The molecule has 90 valence electrons. The van der Waals surface area contributed by atoms with E-state index in [4.69, 9.17) is 4.52 Å². The molecule has 0 unspecified atom stereocenters. The minimum atomic E-state index is 0.513. The maximum absolute atomic E-state index is 5.24. The fourth-order valence-corrected chi connectivity index (χ4v) is 1.47. The summed E-state index contributed by atoms with van der Waals surface area (Å²) in [6.07, 6.45) is 7.45. The molecule has 1 aromatic heterocycles. The molecule has 0 aliphatic carbocycles. The van der Waals surface area contributed by atoms with E-state index in [1.54, 1.807) is 6.08 Å². The Kier molecular flexibility index (Phi) is 3.86. The fraction of sp³-hybridized carbons (Fsp3) is 0.0667. The third kappa shape index (κ3) is 2.63. The van der Waals surface area contributed by atoms with Crippen molar-refractivity contribution < 1.29 is 4.52 Å². The van der Waals surface area contributed by atoms with Crippen LogP contribution in [0.15, 0.2) is 65.7 Å². The summed E-state index contributed by atoms with van der Waals surface area (Å²) < 4.78 is 5.24. The van der Waals surface area contributed by atoms with Gasteiger partial charge in [0.2, 0.25) is 5.82 Å². The number of aromatic nitrogens is 2. The molecule has 0 saturated carbocycles. The van der Waals surface area contributed by atoms with Crippen LogP contribution < -0.4 is 0 Å². The minimum absolute atomic E-state index is 0.513. The zero-order valence-electron chi connectivity index (χ0n) is 10.2. The van der Waals surface area contributed by atoms with Crippen LogP contribution in [0.5, 0.6) is 0 Å². The van der Waals surface area contributed by atoms with Gasteiger partial charge in [0.05, 0.1) is 0 Å². The van der Waals surface area contributed by atoms with E-state index in [0.29, 0.717) is 11.7 Å². The molecule has 18 heavy (non-hydrogen) atoms. The van der Waals surface area contributed by atoms with Gasteiger partial charge in [0.15, 0.2) is 0 Å². The maximum atomic E-state index is 5.24. The van der Waals surface area contributed by atoms with Gasteiger partial charge in [0.25, 0.3) is 5.89 Å². The number of hydrogen-bond donors (Lipinski definition) is 0. The lowest BCUT2D eigenvalue weighted by Crippen LogP contribution is -1.83. The van der Waals surface area contributed by atoms with Gasteiger partial charge < -0.3 is 4.52 Å². The van der Waals surface area contributed by atoms with Crippen molar-refractivity contribution in [2.45, 2.75) is 6.92 Å². The second kappa shape index (κ2) is 5.77. The van der Waals surface area contributed by atoms with E-state index in [1.807, 2.05) is 55.5 Å². The zero-order chi connectivity index (χ0) is 12.8. The van der Waals surface area contributed by atoms with Crippen LogP contribution in [0.4, 0.5) is 0 Å². The number of benzene rings is 1. The Balaban J connectivity index is 2.33. The van der Waals surface area contributed by atoms with Gasteiger partial charge in [0.1, 0.15) is 0 Å². The highest BCUT2D eigenvalue weighted by Gasteiger charge is 2.09. The van der Waals surface area contributed by atoms with Crippen molar-refractivity contribution in [3.63, 3.8) is 0 Å². The van der Waals surface area contributed by atoms with Gasteiger partial charge in [-0.25, -0.2) is 0 Å². The number of allylic oxidation sites excluding steroid dienone is 5. The molecule has 0 amide bonds. The molecule has 0 atom stereocenters. The molecule has 0 radical (unpaired) electrons. The second-order valence-electron chi connectivity index (χ2n) is 3.64. The largest absolute Gasteiger partial charge is 0.334 e. The van der Waals surface area contributed by atoms with E-state index in [-0.39, 0.29) is 0 Å². The van der Waals surface area contributed by atoms with Gasteiger partial charge in [0, 0.05) is 11.1 Å². The molecule has 2 rings (SSSR count). The van der Waals surface area contributed by atoms with Crippen LogP contribution in [-0.2, 0) is 0 Å². The highest BCUT2D eigenvalue weighted by atomic mass is 16.5. The summed E-state index contributed by atoms with van der Waals surface area (Å²) in [5.74, 6) is 1.06. The van der Waals surface area contributed by atoms with Gasteiger partial charge in [-0.05, 0) is 19.1 Å². The first-order valence-corrected chi connectivity index (χ1v) is 5.70. The monoisotopic (exact) mass is 238 g/mol. The van der Waals surface area contributed by atoms with E-state index in [1.165, 1.54) is 0 Å². The van der Waals surface area contributed by atoms with E-state index in [0.717, 1.165) is 11.1 Å². The van der Waals surface area contributed by atoms with Crippen LogP contribution in [0.25, 0.3) is 17.0 Å². The first kappa shape index (κ1) is 12.0. The van der Waals surface area contributed by atoms with Crippen molar-refractivity contribution in [3.05, 3.63) is 67.0 Å². The molecular weight excluding hydrogens is 224 g/mol. The second-order valence-corrected chi connectivity index (χ2v) is 3.64. The molecule has 0 fully saturated rings. The van der Waals surface area contributed by atoms with Gasteiger partial charge in [-0.2, -0.15) is 4.98 Å². The average Bonchev–Trinajstić information content (AvgIpc) is 2.90. The van der Waals surface area contributed by atoms with Crippen molar-refractivity contribution >= 4 is 5.57 Å². The van der Waals surface area contributed by atoms with E-state index in [2.05, 4.69) is 16.7 Å². The fourth-order valence-electron chi connectivity index (χ4n) is 1.47. The molecule has 3 heteroatoms. The van der Waals surface area contributed by atoms with E-state index < -0.39 is 0 Å². The number of rotatable bonds is 4. The predicted molar refractivity (Wildman–Crippen MR) is 72.7 cm³/mol. The predicted octanol–water partition coefficient (Wildman–Crippen LogP) is 3.88. The van der Waals surface area contributed by atoms with Gasteiger partial charge >= 0.3 is 0 Å². The Morgan fingerprint density at radius 2 is 2.06 bits per heavy atom. The van der Waals surface area contributed by atoms with E-state index >= 15 is 0 Å². The van der Waals surface area contributed by atoms with Crippen LogP contribution in [-0.4, -0.2) is 10.1 Å². The smallest absolute Gasteiger partial charge is 0.258 e. The molecule has 0 spiro atoms. The normalized spacial score (nSPS) is 11.9. The highest BCUT2D eigenvalue weighted by molar-refractivity contribution is 5.71. The van der Waals surface area contributed by atoms with Gasteiger partial charge in [-0.15, -0.1) is 0 Å². The molecule has 0 aliphatic heterocycles. The lowest BCUT2D eigenvalue weighted by atomic mass is 10.2. The summed E-state index contributed by atoms with van der Waals surface area (Å²) in [6.45, 7) is 5.70. The van der Waals surface area contributed by atoms with E-state index in [9.17, 15) is 0 Å². The summed E-state index contributed by atoms with van der Waals surface area (Å²) >= 11 is 0. The molecule has 0 bridgehead atoms. The summed E-state index contributed by atoms with van der Waals surface area (Å²) in [6, 6.07) is 9.68. The third-order valence-corrected chi connectivity index (χ3v) is 2.39. The summed E-state index contributed by atoms with van der Waals surface area (Å²) in [5, 5.41) is 3.96. The first-order valence-electron chi connectivity index (χ1n) is 5.70. The van der Waals surface area contributed by atoms with Crippen LogP contribution >= 0.6 is 0 Å². The van der Waals surface area contributed by atoms with Crippen LogP contribution in [0, 0.1) is 0 Å². The third-order valence-electron chi connectivity index (χ3n) is 2.39. The standard InChI is InChI=1S/C15H14N2O/c1-3-5-9-12(4-2)14-16-15(18-17-14)13-10-7-6-8-11-13/h3-11H,2H2,1H3/b5-3-,12-9+. The summed E-state index contributed by atoms with van der Waals surface area (Å²) in [4.78, 5) is 4.35. The van der Waals surface area contributed by atoms with Crippen molar-refractivity contribution in [3.8, 4) is 11.5 Å². The van der Waals surface area contributed by atoms with Crippen LogP contribution in [0.1, 0.15) is 12.7 Å². The Labute approximate surface area is 106 Å². The Morgan fingerprint density at radius 3 is 2.72 bits per heavy atom. The van der Waals surface area contributed by atoms with Crippen molar-refractivity contribution in [2.24, 2.45) is 0 Å². The molecule has 3 nitrogen and oxygen atoms in total. The van der Waals surface area contributed by atoms with Gasteiger partial charge in [-0.3, -0.25) is 0 Å². The number of hydrogen-bond acceptors (Lipinski definition) is 3. The Morgan fingerprint density at radius 1 is 1.28 bits per heavy atom. The molecule has 1 aromatic carbocycles. The molecule has 0 N–H and O–H groups in total. The lowest BCUT2D eigenvalue weighted by Gasteiger charge is -1.92. The Hall–Kier alpha value is -2.42. The number of nitrogens with zero attached hydrogens (tertiary/aromatic N) is 2. The lowest BCUT2D eigenvalue weighted by molar-refractivity contribution is 0.428. The van der Waals surface area contributed by atoms with Crippen LogP contribution in [0.2, 0.25) is 0 Å². The van der Waals surface area contributed by atoms with Crippen molar-refractivity contribution in [1.29, 1.82) is 0 Å².